The molecule has 0 bridgehead atoms. The SMILES string of the molecule is NNc1nc(NCCc2cccnc2)c(Cl)cc1Cl. The first-order valence-electron chi connectivity index (χ1n) is 5.66. The highest BCUT2D eigenvalue weighted by Crippen LogP contribution is 2.28. The average Bonchev–Trinajstić information content (AvgIpc) is 2.42. The van der Waals surface area contributed by atoms with Gasteiger partial charge in [-0.2, -0.15) is 0 Å². The molecule has 0 saturated heterocycles. The van der Waals surface area contributed by atoms with Crippen molar-refractivity contribution in [1.82, 2.24) is 9.97 Å². The first-order chi connectivity index (χ1) is 9.20. The van der Waals surface area contributed by atoms with Crippen molar-refractivity contribution in [2.45, 2.75) is 6.42 Å². The third-order valence-corrected chi connectivity index (χ3v) is 3.07. The molecule has 5 nitrogen and oxygen atoms in total. The van der Waals surface area contributed by atoms with Gasteiger partial charge in [-0.1, -0.05) is 29.3 Å². The molecule has 2 rings (SSSR count). The van der Waals surface area contributed by atoms with Gasteiger partial charge < -0.3 is 10.7 Å². The number of pyridine rings is 2. The lowest BCUT2D eigenvalue weighted by Gasteiger charge is -2.10. The second-order valence-corrected chi connectivity index (χ2v) is 4.65. The van der Waals surface area contributed by atoms with Gasteiger partial charge in [0.25, 0.3) is 0 Å². The summed E-state index contributed by atoms with van der Waals surface area (Å²) in [7, 11) is 0. The van der Waals surface area contributed by atoms with Crippen LogP contribution in [-0.2, 0) is 6.42 Å². The molecule has 7 heteroatoms. The van der Waals surface area contributed by atoms with E-state index in [0.717, 1.165) is 12.0 Å². The van der Waals surface area contributed by atoms with E-state index in [2.05, 4.69) is 20.7 Å². The summed E-state index contributed by atoms with van der Waals surface area (Å²) in [5, 5.41) is 3.97. The van der Waals surface area contributed by atoms with Crippen LogP contribution in [0, 0.1) is 0 Å². The zero-order valence-electron chi connectivity index (χ0n) is 10.0. The van der Waals surface area contributed by atoms with Crippen molar-refractivity contribution in [3.05, 3.63) is 46.2 Å². The maximum absolute atomic E-state index is 6.05. The van der Waals surface area contributed by atoms with E-state index in [4.69, 9.17) is 29.0 Å². The quantitative estimate of drug-likeness (QED) is 0.584. The van der Waals surface area contributed by atoms with Gasteiger partial charge in [0.1, 0.15) is 5.82 Å². The van der Waals surface area contributed by atoms with Gasteiger partial charge in [0.2, 0.25) is 0 Å². The minimum Gasteiger partial charge on any atom is -0.368 e. The Hall–Kier alpha value is -1.56. The van der Waals surface area contributed by atoms with E-state index in [9.17, 15) is 0 Å². The molecule has 2 aromatic heterocycles. The molecule has 2 aromatic rings. The number of hydrogen-bond donors (Lipinski definition) is 3. The van der Waals surface area contributed by atoms with Crippen molar-refractivity contribution in [1.29, 1.82) is 0 Å². The molecular weight excluding hydrogens is 285 g/mol. The Morgan fingerprint density at radius 2 is 2.00 bits per heavy atom. The molecule has 0 saturated carbocycles. The number of nitrogens with one attached hydrogen (secondary N) is 2. The molecule has 0 amide bonds. The molecule has 100 valence electrons. The predicted molar refractivity (Wildman–Crippen MR) is 78.5 cm³/mol. The number of hydrazine groups is 1. The third kappa shape index (κ3) is 3.70. The van der Waals surface area contributed by atoms with Crippen molar-refractivity contribution >= 4 is 34.8 Å². The molecule has 19 heavy (non-hydrogen) atoms. The van der Waals surface area contributed by atoms with Crippen molar-refractivity contribution in [3.63, 3.8) is 0 Å². The number of rotatable bonds is 5. The third-order valence-electron chi connectivity index (χ3n) is 2.50. The molecule has 0 aromatic carbocycles. The zero-order valence-corrected chi connectivity index (χ0v) is 11.5. The first-order valence-corrected chi connectivity index (χ1v) is 6.41. The predicted octanol–water partition coefficient (Wildman–Crippen LogP) is 2.72. The van der Waals surface area contributed by atoms with Crippen LogP contribution in [0.3, 0.4) is 0 Å². The number of nitrogens with two attached hydrogens (primary N) is 1. The normalized spacial score (nSPS) is 10.3. The van der Waals surface area contributed by atoms with Gasteiger partial charge in [0.05, 0.1) is 10.0 Å². The van der Waals surface area contributed by atoms with E-state index in [0.29, 0.717) is 28.2 Å². The summed E-state index contributed by atoms with van der Waals surface area (Å²) >= 11 is 12.0. The van der Waals surface area contributed by atoms with Crippen LogP contribution in [-0.4, -0.2) is 16.5 Å². The largest absolute Gasteiger partial charge is 0.368 e. The lowest BCUT2D eigenvalue weighted by molar-refractivity contribution is 0.993. The average molecular weight is 298 g/mol. The Morgan fingerprint density at radius 1 is 1.21 bits per heavy atom. The van der Waals surface area contributed by atoms with Gasteiger partial charge in [-0.25, -0.2) is 10.8 Å². The number of nitrogen functional groups attached to an aromatic ring is 1. The highest BCUT2D eigenvalue weighted by molar-refractivity contribution is 6.37. The number of anilines is 2. The summed E-state index contributed by atoms with van der Waals surface area (Å²) in [6.07, 6.45) is 4.39. The summed E-state index contributed by atoms with van der Waals surface area (Å²) in [5.74, 6) is 6.24. The van der Waals surface area contributed by atoms with E-state index in [-0.39, 0.29) is 0 Å². The molecule has 4 N–H and O–H groups in total. The van der Waals surface area contributed by atoms with E-state index in [1.807, 2.05) is 18.3 Å². The second-order valence-electron chi connectivity index (χ2n) is 3.83. The molecular formula is C12H13Cl2N5. The van der Waals surface area contributed by atoms with Crippen molar-refractivity contribution in [2.24, 2.45) is 5.84 Å². The number of aromatic nitrogens is 2. The molecule has 0 aliphatic carbocycles. The summed E-state index contributed by atoms with van der Waals surface area (Å²) in [5.41, 5.74) is 3.56. The van der Waals surface area contributed by atoms with Crippen molar-refractivity contribution in [3.8, 4) is 0 Å². The van der Waals surface area contributed by atoms with E-state index in [1.54, 1.807) is 12.3 Å². The molecule has 0 aliphatic rings. The summed E-state index contributed by atoms with van der Waals surface area (Å²) in [4.78, 5) is 8.25. The Morgan fingerprint density at radius 3 is 2.68 bits per heavy atom. The fraction of sp³-hybridized carbons (Fsp3) is 0.167. The Balaban J connectivity index is 2.00. The minimum absolute atomic E-state index is 0.380. The van der Waals surface area contributed by atoms with Crippen LogP contribution < -0.4 is 16.6 Å². The molecule has 0 radical (unpaired) electrons. The topological polar surface area (TPSA) is 75.9 Å². The number of halogens is 2. The van der Waals surface area contributed by atoms with Crippen LogP contribution in [0.1, 0.15) is 5.56 Å². The monoisotopic (exact) mass is 297 g/mol. The molecule has 0 unspecified atom stereocenters. The van der Waals surface area contributed by atoms with Crippen LogP contribution >= 0.6 is 23.2 Å². The maximum Gasteiger partial charge on any atom is 0.161 e. The minimum atomic E-state index is 0.380. The smallest absolute Gasteiger partial charge is 0.161 e. The Labute approximate surface area is 121 Å². The van der Waals surface area contributed by atoms with Gasteiger partial charge >= 0.3 is 0 Å². The summed E-state index contributed by atoms with van der Waals surface area (Å²) in [6, 6.07) is 5.51. The van der Waals surface area contributed by atoms with Gasteiger partial charge in [-0.15, -0.1) is 0 Å². The number of hydrogen-bond acceptors (Lipinski definition) is 5. The van der Waals surface area contributed by atoms with Crippen LogP contribution in [0.25, 0.3) is 0 Å². The molecule has 0 spiro atoms. The lowest BCUT2D eigenvalue weighted by atomic mass is 10.2. The van der Waals surface area contributed by atoms with Crippen LogP contribution in [0.5, 0.6) is 0 Å². The molecule has 0 fully saturated rings. The fourth-order valence-electron chi connectivity index (χ4n) is 1.56. The van der Waals surface area contributed by atoms with E-state index >= 15 is 0 Å². The summed E-state index contributed by atoms with van der Waals surface area (Å²) < 4.78 is 0. The lowest BCUT2D eigenvalue weighted by Crippen LogP contribution is -2.12. The highest BCUT2D eigenvalue weighted by Gasteiger charge is 2.08. The van der Waals surface area contributed by atoms with E-state index < -0.39 is 0 Å². The zero-order chi connectivity index (χ0) is 13.7. The standard InChI is InChI=1S/C12H13Cl2N5/c13-9-6-10(14)12(19-15)18-11(9)17-5-3-8-2-1-4-16-7-8/h1-2,4,6-7H,3,5,15H2,(H2,17,18,19). The molecule has 0 aliphatic heterocycles. The first kappa shape index (κ1) is 13.9. The van der Waals surface area contributed by atoms with Crippen LogP contribution in [0.15, 0.2) is 30.6 Å². The maximum atomic E-state index is 6.05. The highest BCUT2D eigenvalue weighted by atomic mass is 35.5. The van der Waals surface area contributed by atoms with Gasteiger partial charge in [-0.05, 0) is 24.1 Å². The number of nitrogens with zero attached hydrogens (tertiary/aromatic N) is 2. The van der Waals surface area contributed by atoms with Crippen LogP contribution in [0.2, 0.25) is 10.0 Å². The van der Waals surface area contributed by atoms with Gasteiger partial charge in [0.15, 0.2) is 5.82 Å². The molecule has 0 atom stereocenters. The Kier molecular flexibility index (Phi) is 4.79. The van der Waals surface area contributed by atoms with E-state index in [1.165, 1.54) is 0 Å². The Bertz CT molecular complexity index is 547. The van der Waals surface area contributed by atoms with Crippen molar-refractivity contribution < 1.29 is 0 Å². The summed E-state index contributed by atoms with van der Waals surface area (Å²) in [6.45, 7) is 0.685. The van der Waals surface area contributed by atoms with Crippen molar-refractivity contribution in [2.75, 3.05) is 17.3 Å². The fourth-order valence-corrected chi connectivity index (χ4v) is 2.04. The second kappa shape index (κ2) is 6.56. The van der Waals surface area contributed by atoms with Gasteiger partial charge in [-0.3, -0.25) is 4.98 Å². The molecule has 2 heterocycles. The van der Waals surface area contributed by atoms with Gasteiger partial charge in [0, 0.05) is 18.9 Å². The van der Waals surface area contributed by atoms with Crippen LogP contribution in [0.4, 0.5) is 11.6 Å².